The van der Waals surface area contributed by atoms with Gasteiger partial charge < -0.3 is 9.84 Å². The number of carboxylic acids is 1. The number of rotatable bonds is 12. The van der Waals surface area contributed by atoms with Gasteiger partial charge in [0, 0.05) is 18.5 Å². The van der Waals surface area contributed by atoms with Gasteiger partial charge in [-0.3, -0.25) is 9.36 Å². The third kappa shape index (κ3) is 7.54. The van der Waals surface area contributed by atoms with Crippen molar-refractivity contribution in [1.82, 2.24) is 14.3 Å². The molecule has 0 aliphatic heterocycles. The predicted octanol–water partition coefficient (Wildman–Crippen LogP) is 6.28. The van der Waals surface area contributed by atoms with E-state index in [9.17, 15) is 14.7 Å². The molecule has 0 atom stereocenters. The molecule has 1 aromatic heterocycles. The van der Waals surface area contributed by atoms with Crippen LogP contribution in [0.25, 0.3) is 11.1 Å². The largest absolute Gasteiger partial charge is 0.494 e. The molecule has 1 N–H and O–H groups in total. The second-order valence-corrected chi connectivity index (χ2v) is 11.4. The van der Waals surface area contributed by atoms with Gasteiger partial charge in [-0.25, -0.2) is 9.48 Å². The first-order valence-corrected chi connectivity index (χ1v) is 14.4. The summed E-state index contributed by atoms with van der Waals surface area (Å²) in [6.07, 6.45) is 2.35. The molecule has 0 spiro atoms. The molecule has 7 nitrogen and oxygen atoms in total. The lowest BCUT2D eigenvalue weighted by atomic mass is 9.87. The van der Waals surface area contributed by atoms with Crippen molar-refractivity contribution < 1.29 is 14.6 Å². The Balaban J connectivity index is 1.44. The van der Waals surface area contributed by atoms with E-state index in [0.717, 1.165) is 35.4 Å². The minimum atomic E-state index is -0.881. The molecule has 1 heterocycles. The number of aromatic nitrogens is 3. The second-order valence-electron chi connectivity index (χ2n) is 11.4. The van der Waals surface area contributed by atoms with Gasteiger partial charge >= 0.3 is 11.7 Å². The second kappa shape index (κ2) is 13.0. The van der Waals surface area contributed by atoms with Gasteiger partial charge in [-0.05, 0) is 66.0 Å². The first kappa shape index (κ1) is 29.8. The highest BCUT2D eigenvalue weighted by molar-refractivity contribution is 5.73. The first-order valence-electron chi connectivity index (χ1n) is 14.4. The summed E-state index contributed by atoms with van der Waals surface area (Å²) in [5.74, 6) is 0.542. The van der Waals surface area contributed by atoms with Crippen molar-refractivity contribution in [3.8, 4) is 16.9 Å². The molecule has 0 bridgehead atoms. The van der Waals surface area contributed by atoms with E-state index in [1.807, 2.05) is 38.1 Å². The van der Waals surface area contributed by atoms with Gasteiger partial charge in [0.2, 0.25) is 0 Å². The molecule has 0 unspecified atom stereocenters. The minimum Gasteiger partial charge on any atom is -0.494 e. The topological polar surface area (TPSA) is 86.4 Å². The van der Waals surface area contributed by atoms with Crippen LogP contribution in [0.5, 0.6) is 5.75 Å². The molecule has 41 heavy (non-hydrogen) atoms. The summed E-state index contributed by atoms with van der Waals surface area (Å²) < 4.78 is 9.08. The summed E-state index contributed by atoms with van der Waals surface area (Å²) in [5.41, 5.74) is 6.25. The van der Waals surface area contributed by atoms with Crippen molar-refractivity contribution >= 4 is 5.97 Å². The molecule has 4 rings (SSSR count). The molecule has 4 aromatic rings. The summed E-state index contributed by atoms with van der Waals surface area (Å²) in [7, 11) is 0. The number of carboxylic acid groups (broad SMARTS) is 1. The number of hydrogen-bond acceptors (Lipinski definition) is 4. The van der Waals surface area contributed by atoms with E-state index in [4.69, 9.17) is 9.84 Å². The molecular formula is C34H41N3O4. The van der Waals surface area contributed by atoms with Crippen LogP contribution >= 0.6 is 0 Å². The predicted molar refractivity (Wildman–Crippen MR) is 163 cm³/mol. The lowest BCUT2D eigenvalue weighted by Gasteiger charge is -2.19. The zero-order chi connectivity index (χ0) is 29.6. The van der Waals surface area contributed by atoms with Gasteiger partial charge in [-0.1, -0.05) is 81.4 Å². The van der Waals surface area contributed by atoms with Gasteiger partial charge in [-0.2, -0.15) is 5.10 Å². The van der Waals surface area contributed by atoms with Crippen LogP contribution in [0.4, 0.5) is 0 Å². The van der Waals surface area contributed by atoms with Crippen molar-refractivity contribution in [2.45, 2.75) is 78.8 Å². The van der Waals surface area contributed by atoms with Crippen LogP contribution in [-0.2, 0) is 42.6 Å². The average molecular weight is 556 g/mol. The van der Waals surface area contributed by atoms with Crippen LogP contribution in [0.2, 0.25) is 0 Å². The summed E-state index contributed by atoms with van der Waals surface area (Å²) in [4.78, 5) is 24.3. The van der Waals surface area contributed by atoms with E-state index in [1.165, 1.54) is 11.1 Å². The van der Waals surface area contributed by atoms with Gasteiger partial charge in [0.15, 0.2) is 0 Å². The normalized spacial score (nSPS) is 11.5. The Morgan fingerprint density at radius 1 is 0.927 bits per heavy atom. The Labute approximate surface area is 242 Å². The smallest absolute Gasteiger partial charge is 0.346 e. The maximum atomic E-state index is 13.1. The molecule has 0 aliphatic carbocycles. The number of aliphatic carboxylic acids is 1. The molecule has 0 saturated carbocycles. The molecule has 0 fully saturated rings. The Hall–Kier alpha value is -4.13. The SMILES string of the molecule is CCOc1cc(-c2cccc(CCCc3nn(Cc4ccc(C(C)(C)C)cc4)c(=O)n3CC)c2)ccc1CC(=O)O. The van der Waals surface area contributed by atoms with Crippen molar-refractivity contribution in [2.24, 2.45) is 0 Å². The Bertz CT molecular complexity index is 1540. The van der Waals surface area contributed by atoms with Crippen LogP contribution in [0.1, 0.15) is 69.1 Å². The molecular weight excluding hydrogens is 514 g/mol. The number of hydrogen-bond donors (Lipinski definition) is 1. The molecule has 0 radical (unpaired) electrons. The Morgan fingerprint density at radius 2 is 1.66 bits per heavy atom. The quantitative estimate of drug-likeness (QED) is 0.222. The highest BCUT2D eigenvalue weighted by Crippen LogP contribution is 2.29. The van der Waals surface area contributed by atoms with E-state index in [2.05, 4.69) is 63.2 Å². The third-order valence-corrected chi connectivity index (χ3v) is 7.30. The van der Waals surface area contributed by atoms with E-state index in [-0.39, 0.29) is 17.5 Å². The van der Waals surface area contributed by atoms with Crippen LogP contribution in [0.3, 0.4) is 0 Å². The van der Waals surface area contributed by atoms with E-state index < -0.39 is 5.97 Å². The molecule has 7 heteroatoms. The summed E-state index contributed by atoms with van der Waals surface area (Å²) in [5, 5.41) is 13.9. The standard InChI is InChI=1S/C34H41N3O4/c1-6-36-31(35-37(33(36)40)23-25-14-18-29(19-15-25)34(3,4)5)13-9-11-24-10-8-12-26(20-24)27-16-17-28(22-32(38)39)30(21-27)41-7-2/h8,10,12,14-21H,6-7,9,11,13,22-23H2,1-5H3,(H,38,39). The fourth-order valence-corrected chi connectivity index (χ4v) is 5.06. The van der Waals surface area contributed by atoms with E-state index >= 15 is 0 Å². The van der Waals surface area contributed by atoms with Gasteiger partial charge in [-0.15, -0.1) is 0 Å². The van der Waals surface area contributed by atoms with Gasteiger partial charge in [0.25, 0.3) is 0 Å². The zero-order valence-corrected chi connectivity index (χ0v) is 24.8. The van der Waals surface area contributed by atoms with Crippen molar-refractivity contribution in [3.63, 3.8) is 0 Å². The number of nitrogens with zero attached hydrogens (tertiary/aromatic N) is 3. The number of benzene rings is 3. The number of aryl methyl sites for hydroxylation is 2. The molecule has 0 amide bonds. The molecule has 3 aromatic carbocycles. The lowest BCUT2D eigenvalue weighted by Crippen LogP contribution is -2.25. The average Bonchev–Trinajstić information content (AvgIpc) is 3.23. The molecule has 0 saturated heterocycles. The highest BCUT2D eigenvalue weighted by Gasteiger charge is 2.15. The van der Waals surface area contributed by atoms with Gasteiger partial charge in [0.1, 0.15) is 11.6 Å². The van der Waals surface area contributed by atoms with Gasteiger partial charge in [0.05, 0.1) is 19.6 Å². The zero-order valence-electron chi connectivity index (χ0n) is 24.8. The summed E-state index contributed by atoms with van der Waals surface area (Å²) in [6.45, 7) is 12.0. The Morgan fingerprint density at radius 3 is 2.32 bits per heavy atom. The van der Waals surface area contributed by atoms with Crippen molar-refractivity contribution in [3.05, 3.63) is 105 Å². The first-order chi connectivity index (χ1) is 19.6. The maximum Gasteiger partial charge on any atom is 0.346 e. The number of carbonyl (C=O) groups is 1. The van der Waals surface area contributed by atoms with Crippen LogP contribution in [-0.4, -0.2) is 32.0 Å². The highest BCUT2D eigenvalue weighted by atomic mass is 16.5. The minimum absolute atomic E-state index is 0.0687. The van der Waals surface area contributed by atoms with Crippen LogP contribution in [0.15, 0.2) is 71.5 Å². The van der Waals surface area contributed by atoms with Crippen molar-refractivity contribution in [1.29, 1.82) is 0 Å². The summed E-state index contributed by atoms with van der Waals surface area (Å²) >= 11 is 0. The Kier molecular flexibility index (Phi) is 9.48. The summed E-state index contributed by atoms with van der Waals surface area (Å²) in [6, 6.07) is 22.5. The third-order valence-electron chi connectivity index (χ3n) is 7.30. The fourth-order valence-electron chi connectivity index (χ4n) is 5.06. The molecule has 216 valence electrons. The van der Waals surface area contributed by atoms with Crippen LogP contribution in [0, 0.1) is 0 Å². The molecule has 0 aliphatic rings. The lowest BCUT2D eigenvalue weighted by molar-refractivity contribution is -0.136. The van der Waals surface area contributed by atoms with E-state index in [0.29, 0.717) is 37.4 Å². The van der Waals surface area contributed by atoms with E-state index in [1.54, 1.807) is 9.25 Å². The maximum absolute atomic E-state index is 13.1. The van der Waals surface area contributed by atoms with Crippen molar-refractivity contribution in [2.75, 3.05) is 6.61 Å². The van der Waals surface area contributed by atoms with Crippen LogP contribution < -0.4 is 10.4 Å². The monoisotopic (exact) mass is 555 g/mol. The fraction of sp³-hybridized carbons (Fsp3) is 0.382. The number of ether oxygens (including phenoxy) is 1.